The Kier molecular flexibility index (Phi) is 6.58. The normalized spacial score (nSPS) is 14.5. The molecule has 0 radical (unpaired) electrons. The SMILES string of the molecule is CNCCOc1nc(/C=N/Nc2ccc3[nH]c(C)c(C)c3c2)nc(N2CCOCC2)n1. The molecule has 31 heavy (non-hydrogen) atoms. The molecule has 0 atom stereocenters. The van der Waals surface area contributed by atoms with E-state index in [0.29, 0.717) is 38.1 Å². The molecule has 0 unspecified atom stereocenters. The van der Waals surface area contributed by atoms with Gasteiger partial charge in [-0.05, 0) is 44.7 Å². The summed E-state index contributed by atoms with van der Waals surface area (Å²) < 4.78 is 11.1. The first-order chi connectivity index (χ1) is 15.1. The number of aromatic nitrogens is 4. The lowest BCUT2D eigenvalue weighted by Gasteiger charge is -2.26. The van der Waals surface area contributed by atoms with E-state index >= 15 is 0 Å². The zero-order chi connectivity index (χ0) is 21.6. The number of nitrogens with zero attached hydrogens (tertiary/aromatic N) is 5. The summed E-state index contributed by atoms with van der Waals surface area (Å²) in [4.78, 5) is 18.8. The van der Waals surface area contributed by atoms with Crippen LogP contribution in [0.1, 0.15) is 17.1 Å². The maximum absolute atomic E-state index is 5.68. The lowest BCUT2D eigenvalue weighted by atomic mass is 10.1. The van der Waals surface area contributed by atoms with E-state index < -0.39 is 0 Å². The first-order valence-electron chi connectivity index (χ1n) is 10.4. The van der Waals surface area contributed by atoms with Gasteiger partial charge in [-0.3, -0.25) is 5.43 Å². The summed E-state index contributed by atoms with van der Waals surface area (Å²) in [6.07, 6.45) is 1.58. The Labute approximate surface area is 181 Å². The van der Waals surface area contributed by atoms with Crippen LogP contribution in [-0.2, 0) is 4.74 Å². The van der Waals surface area contributed by atoms with E-state index in [2.05, 4.69) is 60.6 Å². The number of fused-ring (bicyclic) bond motifs is 1. The molecule has 3 aromatic rings. The van der Waals surface area contributed by atoms with Crippen molar-refractivity contribution in [2.45, 2.75) is 13.8 Å². The number of anilines is 2. The van der Waals surface area contributed by atoms with Crippen LogP contribution in [0, 0.1) is 13.8 Å². The van der Waals surface area contributed by atoms with Crippen molar-refractivity contribution in [1.82, 2.24) is 25.3 Å². The Morgan fingerprint density at radius 3 is 2.87 bits per heavy atom. The van der Waals surface area contributed by atoms with Crippen molar-refractivity contribution < 1.29 is 9.47 Å². The van der Waals surface area contributed by atoms with Gasteiger partial charge in [-0.2, -0.15) is 20.1 Å². The zero-order valence-corrected chi connectivity index (χ0v) is 18.1. The molecule has 10 nitrogen and oxygen atoms in total. The van der Waals surface area contributed by atoms with Crippen molar-refractivity contribution in [3.8, 4) is 6.01 Å². The third-order valence-corrected chi connectivity index (χ3v) is 5.18. The number of ether oxygens (including phenoxy) is 2. The molecule has 0 spiro atoms. The Morgan fingerprint density at radius 2 is 2.06 bits per heavy atom. The highest BCUT2D eigenvalue weighted by Crippen LogP contribution is 2.24. The largest absolute Gasteiger partial charge is 0.462 e. The van der Waals surface area contributed by atoms with Gasteiger partial charge in [-0.1, -0.05) is 0 Å². The molecule has 164 valence electrons. The van der Waals surface area contributed by atoms with Crippen molar-refractivity contribution >= 4 is 28.8 Å². The van der Waals surface area contributed by atoms with Crippen molar-refractivity contribution in [2.24, 2.45) is 5.10 Å². The monoisotopic (exact) mass is 424 g/mol. The minimum atomic E-state index is 0.285. The van der Waals surface area contributed by atoms with Crippen molar-refractivity contribution in [3.05, 3.63) is 35.3 Å². The first-order valence-corrected chi connectivity index (χ1v) is 10.4. The molecule has 1 aliphatic heterocycles. The summed E-state index contributed by atoms with van der Waals surface area (Å²) in [5, 5.41) is 8.54. The fourth-order valence-electron chi connectivity index (χ4n) is 3.33. The first kappa shape index (κ1) is 21.0. The smallest absolute Gasteiger partial charge is 0.321 e. The van der Waals surface area contributed by atoms with Gasteiger partial charge in [0, 0.05) is 36.2 Å². The van der Waals surface area contributed by atoms with Gasteiger partial charge in [-0.25, -0.2) is 0 Å². The van der Waals surface area contributed by atoms with Crippen LogP contribution in [-0.4, -0.2) is 72.7 Å². The van der Waals surface area contributed by atoms with Crippen LogP contribution in [0.15, 0.2) is 23.3 Å². The van der Waals surface area contributed by atoms with Crippen LogP contribution < -0.4 is 20.4 Å². The molecular weight excluding hydrogens is 396 g/mol. The van der Waals surface area contributed by atoms with E-state index in [-0.39, 0.29) is 6.01 Å². The van der Waals surface area contributed by atoms with E-state index in [1.54, 1.807) is 6.21 Å². The number of aromatic amines is 1. The maximum atomic E-state index is 5.68. The molecule has 0 aliphatic carbocycles. The molecule has 1 saturated heterocycles. The van der Waals surface area contributed by atoms with Crippen LogP contribution in [0.4, 0.5) is 11.6 Å². The highest BCUT2D eigenvalue weighted by molar-refractivity contribution is 5.87. The van der Waals surface area contributed by atoms with E-state index in [4.69, 9.17) is 9.47 Å². The number of hydrazone groups is 1. The van der Waals surface area contributed by atoms with Gasteiger partial charge >= 0.3 is 6.01 Å². The standard InChI is InChI=1S/C21H28N8O2/c1-14-15(2)24-18-5-4-16(12-17(14)18)28-23-13-19-25-20(29-7-10-30-11-8-29)27-21(26-19)31-9-6-22-3/h4-5,12-13,22,24,28H,6-11H2,1-3H3/b23-13+. The lowest BCUT2D eigenvalue weighted by molar-refractivity contribution is 0.122. The van der Waals surface area contributed by atoms with Gasteiger partial charge in [0.2, 0.25) is 5.95 Å². The molecular formula is C21H28N8O2. The molecule has 1 fully saturated rings. The maximum Gasteiger partial charge on any atom is 0.321 e. The number of H-pyrrole nitrogens is 1. The van der Waals surface area contributed by atoms with Crippen LogP contribution in [0.5, 0.6) is 6.01 Å². The molecule has 3 N–H and O–H groups in total. The van der Waals surface area contributed by atoms with E-state index in [1.165, 1.54) is 16.6 Å². The second kappa shape index (κ2) is 9.71. The van der Waals surface area contributed by atoms with Crippen LogP contribution in [0.2, 0.25) is 0 Å². The predicted octanol–water partition coefficient (Wildman–Crippen LogP) is 1.85. The second-order valence-electron chi connectivity index (χ2n) is 7.33. The fourth-order valence-corrected chi connectivity index (χ4v) is 3.33. The molecule has 0 amide bonds. The third-order valence-electron chi connectivity index (χ3n) is 5.18. The summed E-state index contributed by atoms with van der Waals surface area (Å²) in [6.45, 7) is 8.09. The fraction of sp³-hybridized carbons (Fsp3) is 0.429. The number of benzene rings is 1. The molecule has 10 heteroatoms. The van der Waals surface area contributed by atoms with Gasteiger partial charge in [0.1, 0.15) is 6.61 Å². The molecule has 1 aliphatic rings. The number of morpholine rings is 1. The molecule has 0 saturated carbocycles. The lowest BCUT2D eigenvalue weighted by Crippen LogP contribution is -2.37. The van der Waals surface area contributed by atoms with Crippen molar-refractivity contribution in [2.75, 3.05) is 56.8 Å². The molecule has 1 aromatic carbocycles. The Hall–Kier alpha value is -3.24. The van der Waals surface area contributed by atoms with Crippen molar-refractivity contribution in [1.29, 1.82) is 0 Å². The van der Waals surface area contributed by atoms with E-state index in [1.807, 2.05) is 19.2 Å². The van der Waals surface area contributed by atoms with Crippen LogP contribution >= 0.6 is 0 Å². The third kappa shape index (κ3) is 5.09. The average Bonchev–Trinajstić information content (AvgIpc) is 3.08. The Bertz CT molecular complexity index is 1060. The second-order valence-corrected chi connectivity index (χ2v) is 7.33. The van der Waals surface area contributed by atoms with Gasteiger partial charge in [0.25, 0.3) is 0 Å². The number of likely N-dealkylation sites (N-methyl/N-ethyl adjacent to an activating group) is 1. The van der Waals surface area contributed by atoms with Crippen LogP contribution in [0.25, 0.3) is 10.9 Å². The quantitative estimate of drug-likeness (QED) is 0.285. The summed E-state index contributed by atoms with van der Waals surface area (Å²) in [5.41, 5.74) is 7.47. The summed E-state index contributed by atoms with van der Waals surface area (Å²) in [5.74, 6) is 0.997. The molecule has 0 bridgehead atoms. The Balaban J connectivity index is 1.52. The number of hydrogen-bond acceptors (Lipinski definition) is 9. The van der Waals surface area contributed by atoms with Crippen molar-refractivity contribution in [3.63, 3.8) is 0 Å². The van der Waals surface area contributed by atoms with Gasteiger partial charge in [0.15, 0.2) is 5.82 Å². The summed E-state index contributed by atoms with van der Waals surface area (Å²) in [7, 11) is 1.87. The highest BCUT2D eigenvalue weighted by Gasteiger charge is 2.16. The molecule has 4 rings (SSSR count). The minimum absolute atomic E-state index is 0.285. The number of hydrogen-bond donors (Lipinski definition) is 3. The summed E-state index contributed by atoms with van der Waals surface area (Å²) in [6, 6.07) is 6.38. The average molecular weight is 425 g/mol. The minimum Gasteiger partial charge on any atom is -0.462 e. The van der Waals surface area contributed by atoms with Gasteiger partial charge in [0.05, 0.1) is 25.1 Å². The van der Waals surface area contributed by atoms with Gasteiger partial charge < -0.3 is 24.7 Å². The predicted molar refractivity (Wildman–Crippen MR) is 121 cm³/mol. The topological polar surface area (TPSA) is 113 Å². The van der Waals surface area contributed by atoms with Crippen LogP contribution in [0.3, 0.4) is 0 Å². The Morgan fingerprint density at radius 1 is 1.23 bits per heavy atom. The summed E-state index contributed by atoms with van der Waals surface area (Å²) >= 11 is 0. The number of aryl methyl sites for hydroxylation is 2. The number of rotatable bonds is 8. The molecule has 2 aromatic heterocycles. The zero-order valence-electron chi connectivity index (χ0n) is 18.1. The molecule has 3 heterocycles. The number of nitrogens with one attached hydrogen (secondary N) is 3. The highest BCUT2D eigenvalue weighted by atomic mass is 16.5. The van der Waals surface area contributed by atoms with E-state index in [0.717, 1.165) is 24.3 Å². The van der Waals surface area contributed by atoms with Gasteiger partial charge in [-0.15, -0.1) is 0 Å². The van der Waals surface area contributed by atoms with E-state index in [9.17, 15) is 0 Å².